The molecule has 0 saturated heterocycles. The molecular weight excluding hydrogens is 536 g/mol. The van der Waals surface area contributed by atoms with Crippen LogP contribution in [-0.4, -0.2) is 22.5 Å². The molecule has 43 heavy (non-hydrogen) atoms. The number of carbonyl (C=O) groups excluding carboxylic acids is 1. The van der Waals surface area contributed by atoms with Crippen LogP contribution >= 0.6 is 0 Å². The van der Waals surface area contributed by atoms with Crippen molar-refractivity contribution in [1.82, 2.24) is 9.97 Å². The molecule has 4 aromatic carbocycles. The Balaban J connectivity index is 1.15. The van der Waals surface area contributed by atoms with Gasteiger partial charge >= 0.3 is 5.97 Å². The van der Waals surface area contributed by atoms with Gasteiger partial charge in [-0.1, -0.05) is 72.8 Å². The lowest BCUT2D eigenvalue weighted by molar-refractivity contribution is -0.137. The highest BCUT2D eigenvalue weighted by molar-refractivity contribution is 5.96. The van der Waals surface area contributed by atoms with Crippen molar-refractivity contribution in [3.63, 3.8) is 0 Å². The van der Waals surface area contributed by atoms with Crippen molar-refractivity contribution in [1.29, 1.82) is 0 Å². The zero-order valence-corrected chi connectivity index (χ0v) is 23.8. The molecule has 0 fully saturated rings. The van der Waals surface area contributed by atoms with E-state index < -0.39 is 5.97 Å². The van der Waals surface area contributed by atoms with Crippen LogP contribution in [-0.2, 0) is 22.7 Å². The van der Waals surface area contributed by atoms with E-state index in [0.717, 1.165) is 49.9 Å². The Labute approximate surface area is 250 Å². The van der Waals surface area contributed by atoms with E-state index in [1.165, 1.54) is 6.08 Å². The van der Waals surface area contributed by atoms with Crippen molar-refractivity contribution in [2.45, 2.75) is 20.1 Å². The number of hydrogen-bond acceptors (Lipinski definition) is 6. The Morgan fingerprint density at radius 3 is 1.53 bits per heavy atom. The smallest absolute Gasteiger partial charge is 0.331 e. The van der Waals surface area contributed by atoms with Gasteiger partial charge in [0.05, 0.1) is 29.0 Å². The molecule has 6 aromatic rings. The van der Waals surface area contributed by atoms with Gasteiger partial charge in [0.1, 0.15) is 24.7 Å². The van der Waals surface area contributed by atoms with Gasteiger partial charge in [0, 0.05) is 16.8 Å². The summed E-state index contributed by atoms with van der Waals surface area (Å²) in [5.41, 5.74) is 6.04. The van der Waals surface area contributed by atoms with Crippen LogP contribution in [0.2, 0.25) is 0 Å². The lowest BCUT2D eigenvalue weighted by Gasteiger charge is -2.12. The molecule has 0 atom stereocenters. The van der Waals surface area contributed by atoms with E-state index in [9.17, 15) is 4.79 Å². The van der Waals surface area contributed by atoms with Crippen molar-refractivity contribution >= 4 is 33.3 Å². The summed E-state index contributed by atoms with van der Waals surface area (Å²) < 4.78 is 17.2. The van der Waals surface area contributed by atoms with Crippen molar-refractivity contribution in [2.24, 2.45) is 0 Å². The van der Waals surface area contributed by atoms with Gasteiger partial charge in [-0.3, -0.25) is 0 Å². The van der Waals surface area contributed by atoms with Gasteiger partial charge in [0.15, 0.2) is 0 Å². The summed E-state index contributed by atoms with van der Waals surface area (Å²) in [5.74, 6) is 1.02. The molecule has 6 heteroatoms. The number of hydrogen-bond donors (Lipinski definition) is 0. The molecule has 0 amide bonds. The molecule has 0 radical (unpaired) electrons. The van der Waals surface area contributed by atoms with Crippen LogP contribution in [0.15, 0.2) is 127 Å². The van der Waals surface area contributed by atoms with Gasteiger partial charge in [0.25, 0.3) is 0 Å². The maximum absolute atomic E-state index is 12.5. The monoisotopic (exact) mass is 566 g/mol. The first-order chi connectivity index (χ1) is 21.1. The van der Waals surface area contributed by atoms with Crippen molar-refractivity contribution in [2.75, 3.05) is 6.61 Å². The Kier molecular flexibility index (Phi) is 8.36. The molecule has 0 aliphatic carbocycles. The fourth-order valence-electron chi connectivity index (χ4n) is 4.79. The number of carbonyl (C=O) groups is 1. The number of para-hydroxylation sites is 2. The largest absolute Gasteiger partial charge is 0.487 e. The number of ether oxygens (including phenoxy) is 3. The standard InChI is InChI=1S/C37H30N2O4/c1-2-41-37(40)23-34(26-13-19-32(20-14-26)42-24-30-17-11-28-7-3-5-9-35(28)38-30)27-15-21-33(22-16-27)43-25-31-18-12-29-8-4-6-10-36(29)39-31/h3-23H,2,24-25H2,1H3. The Hall–Kier alpha value is -5.49. The maximum Gasteiger partial charge on any atom is 0.331 e. The van der Waals surface area contributed by atoms with Crippen LogP contribution < -0.4 is 9.47 Å². The van der Waals surface area contributed by atoms with Crippen molar-refractivity contribution in [3.05, 3.63) is 150 Å². The molecule has 0 aliphatic rings. The predicted molar refractivity (Wildman–Crippen MR) is 169 cm³/mol. The molecule has 6 rings (SSSR count). The molecular formula is C37H30N2O4. The average molecular weight is 567 g/mol. The van der Waals surface area contributed by atoms with Crippen LogP contribution in [0.25, 0.3) is 27.4 Å². The minimum atomic E-state index is -0.400. The van der Waals surface area contributed by atoms with Crippen molar-refractivity contribution in [3.8, 4) is 11.5 Å². The van der Waals surface area contributed by atoms with Gasteiger partial charge in [-0.15, -0.1) is 0 Å². The van der Waals surface area contributed by atoms with Gasteiger partial charge in [-0.2, -0.15) is 0 Å². The first-order valence-corrected chi connectivity index (χ1v) is 14.2. The summed E-state index contributed by atoms with van der Waals surface area (Å²) in [7, 11) is 0. The third-order valence-corrected chi connectivity index (χ3v) is 6.97. The summed E-state index contributed by atoms with van der Waals surface area (Å²) in [4.78, 5) is 21.8. The summed E-state index contributed by atoms with van der Waals surface area (Å²) in [6.45, 7) is 2.80. The lowest BCUT2D eigenvalue weighted by Crippen LogP contribution is -2.02. The van der Waals surface area contributed by atoms with E-state index in [-0.39, 0.29) is 0 Å². The molecule has 0 N–H and O–H groups in total. The van der Waals surface area contributed by atoms with Crippen LogP contribution in [0, 0.1) is 0 Å². The maximum atomic E-state index is 12.5. The highest BCUT2D eigenvalue weighted by atomic mass is 16.5. The minimum Gasteiger partial charge on any atom is -0.487 e. The Morgan fingerprint density at radius 2 is 1.07 bits per heavy atom. The van der Waals surface area contributed by atoms with E-state index in [1.807, 2.05) is 121 Å². The fourth-order valence-corrected chi connectivity index (χ4v) is 4.79. The SMILES string of the molecule is CCOC(=O)C=C(c1ccc(OCc2ccc3ccccc3n2)cc1)c1ccc(OCc2ccc3ccccc3n2)cc1. The second-order valence-electron chi connectivity index (χ2n) is 9.93. The van der Waals surface area contributed by atoms with Crippen molar-refractivity contribution < 1.29 is 19.0 Å². The summed E-state index contributed by atoms with van der Waals surface area (Å²) in [6.07, 6.45) is 1.52. The summed E-state index contributed by atoms with van der Waals surface area (Å²) >= 11 is 0. The zero-order valence-electron chi connectivity index (χ0n) is 23.8. The molecule has 0 bridgehead atoms. The average Bonchev–Trinajstić information content (AvgIpc) is 3.06. The number of fused-ring (bicyclic) bond motifs is 2. The normalized spacial score (nSPS) is 10.8. The number of nitrogens with zero attached hydrogens (tertiary/aromatic N) is 2. The van der Waals surface area contributed by atoms with Crippen LogP contribution in [0.3, 0.4) is 0 Å². The Bertz CT molecular complexity index is 1770. The topological polar surface area (TPSA) is 70.5 Å². The lowest BCUT2D eigenvalue weighted by atomic mass is 9.97. The second-order valence-corrected chi connectivity index (χ2v) is 9.93. The number of benzene rings is 4. The van der Waals surface area contributed by atoms with Crippen LogP contribution in [0.1, 0.15) is 29.4 Å². The summed E-state index contributed by atoms with van der Waals surface area (Å²) in [5, 5.41) is 2.19. The number of aromatic nitrogens is 2. The Morgan fingerprint density at radius 1 is 0.605 bits per heavy atom. The third-order valence-electron chi connectivity index (χ3n) is 6.97. The molecule has 0 aliphatic heterocycles. The molecule has 0 spiro atoms. The van der Waals surface area contributed by atoms with E-state index in [1.54, 1.807) is 6.92 Å². The molecule has 6 nitrogen and oxygen atoms in total. The highest BCUT2D eigenvalue weighted by Gasteiger charge is 2.11. The summed E-state index contributed by atoms with van der Waals surface area (Å²) in [6, 6.07) is 39.4. The fraction of sp³-hybridized carbons (Fsp3) is 0.108. The molecule has 212 valence electrons. The first kappa shape index (κ1) is 27.7. The zero-order chi connectivity index (χ0) is 29.4. The number of rotatable bonds is 10. The van der Waals surface area contributed by atoms with Gasteiger partial charge in [-0.05, 0) is 72.2 Å². The molecule has 2 heterocycles. The first-order valence-electron chi connectivity index (χ1n) is 14.2. The molecule has 0 saturated carbocycles. The van der Waals surface area contributed by atoms with E-state index in [2.05, 4.69) is 9.97 Å². The number of esters is 1. The third kappa shape index (κ3) is 6.88. The van der Waals surface area contributed by atoms with Crippen LogP contribution in [0.5, 0.6) is 11.5 Å². The van der Waals surface area contributed by atoms with Gasteiger partial charge in [0.2, 0.25) is 0 Å². The second kappa shape index (κ2) is 13.0. The van der Waals surface area contributed by atoms with E-state index in [0.29, 0.717) is 31.3 Å². The highest BCUT2D eigenvalue weighted by Crippen LogP contribution is 2.28. The molecule has 2 aromatic heterocycles. The predicted octanol–water partition coefficient (Wildman–Crippen LogP) is 7.94. The van der Waals surface area contributed by atoms with Gasteiger partial charge < -0.3 is 14.2 Å². The van der Waals surface area contributed by atoms with Crippen LogP contribution in [0.4, 0.5) is 0 Å². The molecule has 0 unspecified atom stereocenters. The minimum absolute atomic E-state index is 0.299. The van der Waals surface area contributed by atoms with E-state index >= 15 is 0 Å². The van der Waals surface area contributed by atoms with Gasteiger partial charge in [-0.25, -0.2) is 14.8 Å². The number of pyridine rings is 2. The van der Waals surface area contributed by atoms with E-state index in [4.69, 9.17) is 14.2 Å². The quantitative estimate of drug-likeness (QED) is 0.124.